The molecule has 116 valence electrons. The van der Waals surface area contributed by atoms with Crippen LogP contribution in [0.1, 0.15) is 15.9 Å². The average molecular weight is 344 g/mol. The first-order valence-electron chi connectivity index (χ1n) is 6.02. The summed E-state index contributed by atoms with van der Waals surface area (Å²) in [6.07, 6.45) is 0. The van der Waals surface area contributed by atoms with Crippen LogP contribution in [-0.2, 0) is 10.0 Å². The number of halogens is 2. The summed E-state index contributed by atoms with van der Waals surface area (Å²) in [6, 6.07) is 6.99. The SMILES string of the molecule is Cc1cc(Cl)ccc1S(=O)(=O)Nc1cc(C(=O)O)ccc1F. The van der Waals surface area contributed by atoms with Gasteiger partial charge in [-0.25, -0.2) is 17.6 Å². The molecule has 0 radical (unpaired) electrons. The van der Waals surface area contributed by atoms with Gasteiger partial charge in [-0.3, -0.25) is 4.72 Å². The molecule has 0 unspecified atom stereocenters. The second-order valence-corrected chi connectivity index (χ2v) is 6.60. The van der Waals surface area contributed by atoms with Gasteiger partial charge in [0.2, 0.25) is 0 Å². The number of carboxylic acids is 1. The molecule has 0 aliphatic rings. The van der Waals surface area contributed by atoms with Crippen molar-refractivity contribution < 1.29 is 22.7 Å². The van der Waals surface area contributed by atoms with Crippen molar-refractivity contribution in [3.05, 3.63) is 58.4 Å². The lowest BCUT2D eigenvalue weighted by Crippen LogP contribution is -2.15. The van der Waals surface area contributed by atoms with E-state index in [2.05, 4.69) is 0 Å². The van der Waals surface area contributed by atoms with Gasteiger partial charge < -0.3 is 5.11 Å². The van der Waals surface area contributed by atoms with Gasteiger partial charge >= 0.3 is 5.97 Å². The molecule has 0 aromatic heterocycles. The molecule has 2 aromatic carbocycles. The Bertz CT molecular complexity index is 852. The van der Waals surface area contributed by atoms with Gasteiger partial charge in [-0.05, 0) is 48.9 Å². The first-order valence-corrected chi connectivity index (χ1v) is 7.88. The second-order valence-electron chi connectivity index (χ2n) is 4.52. The van der Waals surface area contributed by atoms with Gasteiger partial charge in [-0.2, -0.15) is 0 Å². The maximum atomic E-state index is 13.7. The minimum Gasteiger partial charge on any atom is -0.478 e. The minimum absolute atomic E-state index is 0.0722. The number of rotatable bonds is 4. The third-order valence-corrected chi connectivity index (χ3v) is 4.64. The van der Waals surface area contributed by atoms with Crippen molar-refractivity contribution in [3.8, 4) is 0 Å². The van der Waals surface area contributed by atoms with Gasteiger partial charge in [-0.15, -0.1) is 0 Å². The first-order chi connectivity index (χ1) is 10.2. The molecule has 22 heavy (non-hydrogen) atoms. The fraction of sp³-hybridized carbons (Fsp3) is 0.0714. The van der Waals surface area contributed by atoms with Crippen LogP contribution in [0.15, 0.2) is 41.3 Å². The number of sulfonamides is 1. The normalized spacial score (nSPS) is 11.2. The number of hydrogen-bond donors (Lipinski definition) is 2. The summed E-state index contributed by atoms with van der Waals surface area (Å²) >= 11 is 5.77. The number of benzene rings is 2. The molecule has 0 bridgehead atoms. The Balaban J connectivity index is 2.45. The molecule has 0 saturated carbocycles. The fourth-order valence-electron chi connectivity index (χ4n) is 1.85. The van der Waals surface area contributed by atoms with E-state index in [1.54, 1.807) is 6.92 Å². The van der Waals surface area contributed by atoms with Gasteiger partial charge in [0.05, 0.1) is 16.1 Å². The fourth-order valence-corrected chi connectivity index (χ4v) is 3.36. The summed E-state index contributed by atoms with van der Waals surface area (Å²) in [4.78, 5) is 10.8. The molecule has 0 aliphatic heterocycles. The Morgan fingerprint density at radius 3 is 2.50 bits per heavy atom. The lowest BCUT2D eigenvalue weighted by molar-refractivity contribution is 0.0697. The largest absolute Gasteiger partial charge is 0.478 e. The molecule has 0 fully saturated rings. The van der Waals surface area contributed by atoms with Gasteiger partial charge in [0.15, 0.2) is 0 Å². The van der Waals surface area contributed by atoms with E-state index in [0.29, 0.717) is 10.6 Å². The van der Waals surface area contributed by atoms with Crippen LogP contribution in [0.5, 0.6) is 0 Å². The third kappa shape index (κ3) is 3.37. The summed E-state index contributed by atoms with van der Waals surface area (Å²) < 4.78 is 40.3. The van der Waals surface area contributed by atoms with E-state index in [9.17, 15) is 17.6 Å². The van der Waals surface area contributed by atoms with Crippen LogP contribution in [0.2, 0.25) is 5.02 Å². The van der Waals surface area contributed by atoms with Crippen LogP contribution in [0.3, 0.4) is 0 Å². The summed E-state index contributed by atoms with van der Waals surface area (Å²) in [6.45, 7) is 1.55. The number of aryl methyl sites for hydroxylation is 1. The minimum atomic E-state index is -4.07. The average Bonchev–Trinajstić information content (AvgIpc) is 2.40. The van der Waals surface area contributed by atoms with Crippen molar-refractivity contribution in [2.24, 2.45) is 0 Å². The highest BCUT2D eigenvalue weighted by Crippen LogP contribution is 2.24. The van der Waals surface area contributed by atoms with Gasteiger partial charge in [0.25, 0.3) is 10.0 Å². The first kappa shape index (κ1) is 16.3. The van der Waals surface area contributed by atoms with Crippen molar-refractivity contribution in [3.63, 3.8) is 0 Å². The summed E-state index contributed by atoms with van der Waals surface area (Å²) in [5.41, 5.74) is -0.282. The molecule has 0 amide bonds. The van der Waals surface area contributed by atoms with E-state index < -0.39 is 27.5 Å². The lowest BCUT2D eigenvalue weighted by Gasteiger charge is -2.11. The quantitative estimate of drug-likeness (QED) is 0.892. The molecule has 0 atom stereocenters. The molecule has 8 heteroatoms. The Morgan fingerprint density at radius 1 is 1.23 bits per heavy atom. The van der Waals surface area contributed by atoms with Crippen LogP contribution in [0.4, 0.5) is 10.1 Å². The maximum Gasteiger partial charge on any atom is 0.335 e. The predicted molar refractivity (Wildman–Crippen MR) is 80.4 cm³/mol. The van der Waals surface area contributed by atoms with Crippen molar-refractivity contribution in [2.45, 2.75) is 11.8 Å². The van der Waals surface area contributed by atoms with E-state index in [1.165, 1.54) is 18.2 Å². The van der Waals surface area contributed by atoms with E-state index in [4.69, 9.17) is 16.7 Å². The van der Waals surface area contributed by atoms with Crippen molar-refractivity contribution in [1.29, 1.82) is 0 Å². The Kier molecular flexibility index (Phi) is 4.39. The van der Waals surface area contributed by atoms with Crippen molar-refractivity contribution in [1.82, 2.24) is 0 Å². The molecule has 2 rings (SSSR count). The van der Waals surface area contributed by atoms with Crippen LogP contribution >= 0.6 is 11.6 Å². The Labute approximate surface area is 131 Å². The smallest absolute Gasteiger partial charge is 0.335 e. The van der Waals surface area contributed by atoms with E-state index in [-0.39, 0.29) is 10.5 Å². The molecular weight excluding hydrogens is 333 g/mol. The van der Waals surface area contributed by atoms with Crippen molar-refractivity contribution >= 4 is 33.3 Å². The van der Waals surface area contributed by atoms with Gasteiger partial charge in [0, 0.05) is 5.02 Å². The van der Waals surface area contributed by atoms with Crippen LogP contribution in [0, 0.1) is 12.7 Å². The molecule has 2 aromatic rings. The number of carboxylic acid groups (broad SMARTS) is 1. The number of anilines is 1. The molecule has 0 spiro atoms. The standard InChI is InChI=1S/C14H11ClFNO4S/c1-8-6-10(15)3-5-13(8)22(20,21)17-12-7-9(14(18)19)2-4-11(12)16/h2-7,17H,1H3,(H,18,19). The Hall–Kier alpha value is -2.12. The summed E-state index contributed by atoms with van der Waals surface area (Å²) in [7, 11) is -4.07. The monoisotopic (exact) mass is 343 g/mol. The molecule has 0 saturated heterocycles. The molecule has 0 aliphatic carbocycles. The molecule has 2 N–H and O–H groups in total. The van der Waals surface area contributed by atoms with Gasteiger partial charge in [-0.1, -0.05) is 11.6 Å². The number of aromatic carboxylic acids is 1. The third-order valence-electron chi connectivity index (χ3n) is 2.88. The van der Waals surface area contributed by atoms with Crippen molar-refractivity contribution in [2.75, 3.05) is 4.72 Å². The molecule has 5 nitrogen and oxygen atoms in total. The zero-order valence-corrected chi connectivity index (χ0v) is 12.9. The van der Waals surface area contributed by atoms with Crippen LogP contribution < -0.4 is 4.72 Å². The summed E-state index contributed by atoms with van der Waals surface area (Å²) in [5.74, 6) is -2.16. The van der Waals surface area contributed by atoms with Gasteiger partial charge in [0.1, 0.15) is 5.82 Å². The highest BCUT2D eigenvalue weighted by Gasteiger charge is 2.19. The lowest BCUT2D eigenvalue weighted by atomic mass is 10.2. The number of nitrogens with one attached hydrogen (secondary N) is 1. The highest BCUT2D eigenvalue weighted by atomic mass is 35.5. The maximum absolute atomic E-state index is 13.7. The highest BCUT2D eigenvalue weighted by molar-refractivity contribution is 7.92. The zero-order chi connectivity index (χ0) is 16.5. The topological polar surface area (TPSA) is 83.5 Å². The zero-order valence-electron chi connectivity index (χ0n) is 11.3. The Morgan fingerprint density at radius 2 is 1.91 bits per heavy atom. The van der Waals surface area contributed by atoms with E-state index in [1.807, 2.05) is 4.72 Å². The molecule has 0 heterocycles. The van der Waals surface area contributed by atoms with E-state index in [0.717, 1.165) is 18.2 Å². The van der Waals surface area contributed by atoms with E-state index >= 15 is 0 Å². The second kappa shape index (κ2) is 5.94. The summed E-state index contributed by atoms with van der Waals surface area (Å²) in [5, 5.41) is 9.25. The number of hydrogen-bond acceptors (Lipinski definition) is 3. The molecular formula is C14H11ClFNO4S. The van der Waals surface area contributed by atoms with Crippen LogP contribution in [0.25, 0.3) is 0 Å². The number of carbonyl (C=O) groups is 1. The van der Waals surface area contributed by atoms with Crippen LogP contribution in [-0.4, -0.2) is 19.5 Å². The predicted octanol–water partition coefficient (Wildman–Crippen LogP) is 3.29.